The first kappa shape index (κ1) is 35.0. The van der Waals surface area contributed by atoms with Crippen LogP contribution in [0.5, 0.6) is 0 Å². The van der Waals surface area contributed by atoms with Crippen molar-refractivity contribution < 1.29 is 52.4 Å². The molecule has 0 saturated carbocycles. The smallest absolute Gasteiger partial charge is 0.410 e. The molecule has 16 nitrogen and oxygen atoms in total. The van der Waals surface area contributed by atoms with Gasteiger partial charge in [-0.25, -0.2) is 9.59 Å². The maximum absolute atomic E-state index is 12.5. The standard InChI is InChI=1S/C24H41N5O11/c1-24(2,3)39-23(33)28(8-12-36-16-15-35-11-7-26-27-25)9-13-37-17-19-38-18-14-34-10-6-22(32)40-29-20(30)4-5-21(29)31/h4-19H2,1-3H3. The summed E-state index contributed by atoms with van der Waals surface area (Å²) < 4.78 is 32.4. The lowest BCUT2D eigenvalue weighted by molar-refractivity contribution is -0.198. The number of hydrogen-bond acceptors (Lipinski definition) is 12. The highest BCUT2D eigenvalue weighted by atomic mass is 16.7. The molecule has 0 unspecified atom stereocenters. The zero-order chi connectivity index (χ0) is 29.6. The van der Waals surface area contributed by atoms with Crippen molar-refractivity contribution in [2.24, 2.45) is 5.11 Å². The van der Waals surface area contributed by atoms with Gasteiger partial charge >= 0.3 is 12.1 Å². The van der Waals surface area contributed by atoms with Gasteiger partial charge in [-0.2, -0.15) is 0 Å². The van der Waals surface area contributed by atoms with Crippen molar-refractivity contribution in [3.05, 3.63) is 10.4 Å². The van der Waals surface area contributed by atoms with Gasteiger partial charge in [0.1, 0.15) is 5.60 Å². The molecule has 0 spiro atoms. The minimum atomic E-state index is -0.724. The van der Waals surface area contributed by atoms with E-state index in [0.717, 1.165) is 0 Å². The molecule has 0 radical (unpaired) electrons. The van der Waals surface area contributed by atoms with Crippen LogP contribution in [0.4, 0.5) is 4.79 Å². The molecular weight excluding hydrogens is 534 g/mol. The Hall–Kier alpha value is -3.01. The van der Waals surface area contributed by atoms with Crippen LogP contribution in [0.1, 0.15) is 40.0 Å². The third-order valence-corrected chi connectivity index (χ3v) is 4.83. The normalized spacial score (nSPS) is 13.3. The second-order valence-electron chi connectivity index (χ2n) is 9.28. The summed E-state index contributed by atoms with van der Waals surface area (Å²) in [6, 6.07) is 0. The van der Waals surface area contributed by atoms with E-state index in [2.05, 4.69) is 10.0 Å². The van der Waals surface area contributed by atoms with Crippen LogP contribution in [-0.4, -0.2) is 125 Å². The minimum Gasteiger partial charge on any atom is -0.444 e. The van der Waals surface area contributed by atoms with Crippen molar-refractivity contribution in [1.29, 1.82) is 0 Å². The van der Waals surface area contributed by atoms with Crippen molar-refractivity contribution in [2.45, 2.75) is 45.6 Å². The lowest BCUT2D eigenvalue weighted by Crippen LogP contribution is -2.40. The van der Waals surface area contributed by atoms with Crippen molar-refractivity contribution in [1.82, 2.24) is 9.96 Å². The van der Waals surface area contributed by atoms with Gasteiger partial charge in [0.05, 0.1) is 72.5 Å². The number of carbonyl (C=O) groups is 4. The Kier molecular flexibility index (Phi) is 18.2. The second kappa shape index (κ2) is 20.8. The van der Waals surface area contributed by atoms with Crippen molar-refractivity contribution >= 4 is 23.9 Å². The Morgan fingerprint density at radius 3 is 1.80 bits per heavy atom. The molecule has 1 aliphatic rings. The zero-order valence-electron chi connectivity index (χ0n) is 23.5. The quantitative estimate of drug-likeness (QED) is 0.0599. The molecule has 0 bridgehead atoms. The van der Waals surface area contributed by atoms with Crippen LogP contribution in [0.25, 0.3) is 10.4 Å². The first-order chi connectivity index (χ1) is 19.1. The van der Waals surface area contributed by atoms with E-state index in [9.17, 15) is 19.2 Å². The maximum atomic E-state index is 12.5. The van der Waals surface area contributed by atoms with Gasteiger partial charge in [-0.3, -0.25) is 9.59 Å². The molecule has 0 N–H and O–H groups in total. The van der Waals surface area contributed by atoms with Gasteiger partial charge in [-0.05, 0) is 26.3 Å². The van der Waals surface area contributed by atoms with Gasteiger partial charge in [0, 0.05) is 37.4 Å². The molecule has 16 heteroatoms. The lowest BCUT2D eigenvalue weighted by atomic mass is 10.2. The van der Waals surface area contributed by atoms with E-state index in [1.54, 1.807) is 20.8 Å². The highest BCUT2D eigenvalue weighted by molar-refractivity contribution is 6.01. The van der Waals surface area contributed by atoms with Crippen LogP contribution >= 0.6 is 0 Å². The Labute approximate surface area is 233 Å². The molecule has 0 atom stereocenters. The lowest BCUT2D eigenvalue weighted by Gasteiger charge is -2.27. The van der Waals surface area contributed by atoms with E-state index in [0.29, 0.717) is 51.2 Å². The second-order valence-corrected chi connectivity index (χ2v) is 9.28. The van der Waals surface area contributed by atoms with E-state index >= 15 is 0 Å². The summed E-state index contributed by atoms with van der Waals surface area (Å²) in [5.74, 6) is -1.78. The van der Waals surface area contributed by atoms with Gasteiger partial charge in [-0.15, -0.1) is 5.06 Å². The Morgan fingerprint density at radius 2 is 1.30 bits per heavy atom. The molecule has 0 aromatic heterocycles. The Balaban J connectivity index is 2.10. The average molecular weight is 576 g/mol. The molecule has 1 saturated heterocycles. The first-order valence-electron chi connectivity index (χ1n) is 13.1. The molecule has 1 aliphatic heterocycles. The number of nitrogens with zero attached hydrogens (tertiary/aromatic N) is 5. The molecular formula is C24H41N5O11. The summed E-state index contributed by atoms with van der Waals surface area (Å²) in [6.07, 6.45) is -0.491. The number of carbonyl (C=O) groups excluding carboxylic acids is 4. The summed E-state index contributed by atoms with van der Waals surface area (Å²) in [5, 5.41) is 3.87. The molecule has 0 aromatic rings. The van der Waals surface area contributed by atoms with Gasteiger partial charge in [0.2, 0.25) is 0 Å². The molecule has 1 fully saturated rings. The van der Waals surface area contributed by atoms with E-state index in [1.165, 1.54) is 4.90 Å². The number of hydrogen-bond donors (Lipinski definition) is 0. The first-order valence-corrected chi connectivity index (χ1v) is 13.1. The highest BCUT2D eigenvalue weighted by Crippen LogP contribution is 2.12. The zero-order valence-corrected chi connectivity index (χ0v) is 23.5. The SMILES string of the molecule is CC(C)(C)OC(=O)N(CCOCCOCCN=[N+]=[N-])CCOCCOCCOCCC(=O)ON1C(=O)CCC1=O. The fourth-order valence-corrected chi connectivity index (χ4v) is 2.95. The summed E-state index contributed by atoms with van der Waals surface area (Å²) >= 11 is 0. The number of hydroxylamine groups is 2. The predicted octanol–water partition coefficient (Wildman–Crippen LogP) is 1.61. The molecule has 0 aromatic carbocycles. The molecule has 1 heterocycles. The third kappa shape index (κ3) is 17.6. The van der Waals surface area contributed by atoms with Crippen molar-refractivity contribution in [2.75, 3.05) is 85.7 Å². The van der Waals surface area contributed by atoms with Crippen LogP contribution in [0, 0.1) is 0 Å². The average Bonchev–Trinajstić information content (AvgIpc) is 3.20. The number of ether oxygens (including phenoxy) is 6. The summed E-state index contributed by atoms with van der Waals surface area (Å²) in [6.45, 7) is 8.96. The van der Waals surface area contributed by atoms with E-state index in [1.807, 2.05) is 0 Å². The van der Waals surface area contributed by atoms with E-state index in [-0.39, 0.29) is 58.8 Å². The highest BCUT2D eigenvalue weighted by Gasteiger charge is 2.32. The van der Waals surface area contributed by atoms with Crippen LogP contribution in [0.3, 0.4) is 0 Å². The molecule has 40 heavy (non-hydrogen) atoms. The topological polar surface area (TPSA) is 188 Å². The third-order valence-electron chi connectivity index (χ3n) is 4.83. The summed E-state index contributed by atoms with van der Waals surface area (Å²) in [4.78, 5) is 55.9. The summed E-state index contributed by atoms with van der Waals surface area (Å²) in [5.41, 5.74) is 7.56. The summed E-state index contributed by atoms with van der Waals surface area (Å²) in [7, 11) is 0. The van der Waals surface area contributed by atoms with Crippen molar-refractivity contribution in [3.63, 3.8) is 0 Å². The Bertz CT molecular complexity index is 815. The molecule has 228 valence electrons. The van der Waals surface area contributed by atoms with E-state index in [4.69, 9.17) is 38.8 Å². The van der Waals surface area contributed by atoms with Crippen molar-refractivity contribution in [3.8, 4) is 0 Å². The van der Waals surface area contributed by atoms with Crippen LogP contribution in [0.15, 0.2) is 5.11 Å². The molecule has 0 aliphatic carbocycles. The fraction of sp³-hybridized carbons (Fsp3) is 0.833. The molecule has 1 rings (SSSR count). The Morgan fingerprint density at radius 1 is 0.825 bits per heavy atom. The number of imide groups is 1. The van der Waals surface area contributed by atoms with Gasteiger partial charge in [-0.1, -0.05) is 5.11 Å². The van der Waals surface area contributed by atoms with Crippen LogP contribution in [0.2, 0.25) is 0 Å². The fourth-order valence-electron chi connectivity index (χ4n) is 2.95. The van der Waals surface area contributed by atoms with Gasteiger partial charge in [0.15, 0.2) is 0 Å². The minimum absolute atomic E-state index is 0.0424. The maximum Gasteiger partial charge on any atom is 0.410 e. The monoisotopic (exact) mass is 575 g/mol. The largest absolute Gasteiger partial charge is 0.444 e. The van der Waals surface area contributed by atoms with Crippen LogP contribution < -0.4 is 0 Å². The van der Waals surface area contributed by atoms with Gasteiger partial charge in [0.25, 0.3) is 11.8 Å². The van der Waals surface area contributed by atoms with E-state index < -0.39 is 29.5 Å². The predicted molar refractivity (Wildman–Crippen MR) is 138 cm³/mol. The van der Waals surface area contributed by atoms with Crippen LogP contribution in [-0.2, 0) is 47.6 Å². The van der Waals surface area contributed by atoms with Gasteiger partial charge < -0.3 is 38.2 Å². The number of azide groups is 1. The molecule has 3 amide bonds. The number of rotatable bonds is 22. The number of amides is 3.